The number of alkyl halides is 1. The first-order valence-electron chi connectivity index (χ1n) is 5.49. The number of rotatable bonds is 4. The Bertz CT molecular complexity index is 533. The molecule has 2 aromatic rings. The lowest BCUT2D eigenvalue weighted by atomic mass is 10.1. The zero-order valence-electron chi connectivity index (χ0n) is 9.65. The highest BCUT2D eigenvalue weighted by atomic mass is 35.5. The quantitative estimate of drug-likeness (QED) is 0.618. The van der Waals surface area contributed by atoms with Gasteiger partial charge in [-0.3, -0.25) is 0 Å². The number of carbonyl (C=O) groups excluding carboxylic acids is 1. The Morgan fingerprint density at radius 3 is 2.94 bits per heavy atom. The molecule has 0 aliphatic rings. The number of hydrogen-bond donors (Lipinski definition) is 0. The van der Waals surface area contributed by atoms with E-state index in [-0.39, 0.29) is 5.97 Å². The molecular weight excluding hydrogens is 238 g/mol. The van der Waals surface area contributed by atoms with E-state index in [0.29, 0.717) is 11.4 Å². The highest BCUT2D eigenvalue weighted by Gasteiger charge is 2.08. The Hall–Kier alpha value is -1.48. The van der Waals surface area contributed by atoms with Crippen LogP contribution in [-0.2, 0) is 11.3 Å². The Labute approximate surface area is 105 Å². The molecule has 0 saturated carbocycles. The van der Waals surface area contributed by atoms with Crippen LogP contribution < -0.4 is 0 Å². The third-order valence-electron chi connectivity index (χ3n) is 2.73. The van der Waals surface area contributed by atoms with Gasteiger partial charge in [-0.15, -0.1) is 11.6 Å². The van der Waals surface area contributed by atoms with E-state index in [9.17, 15) is 4.79 Å². The molecule has 0 fully saturated rings. The molecule has 1 aromatic carbocycles. The lowest BCUT2D eigenvalue weighted by Crippen LogP contribution is -2.02. The number of nitrogens with zero attached hydrogens (tertiary/aromatic N) is 1. The first kappa shape index (κ1) is 12.0. The van der Waals surface area contributed by atoms with E-state index in [1.165, 1.54) is 7.11 Å². The largest absolute Gasteiger partial charge is 0.465 e. The summed E-state index contributed by atoms with van der Waals surface area (Å²) in [6.45, 7) is 0.859. The van der Waals surface area contributed by atoms with Crippen molar-refractivity contribution in [2.75, 3.05) is 13.0 Å². The summed E-state index contributed by atoms with van der Waals surface area (Å²) in [5.41, 5.74) is 1.61. The van der Waals surface area contributed by atoms with E-state index >= 15 is 0 Å². The molecule has 1 aromatic heterocycles. The number of carbonyl (C=O) groups is 1. The zero-order chi connectivity index (χ0) is 12.3. The summed E-state index contributed by atoms with van der Waals surface area (Å²) in [4.78, 5) is 11.5. The second-order valence-corrected chi connectivity index (χ2v) is 4.19. The van der Waals surface area contributed by atoms with Crippen molar-refractivity contribution in [2.24, 2.45) is 0 Å². The summed E-state index contributed by atoms with van der Waals surface area (Å²) in [7, 11) is 1.39. The van der Waals surface area contributed by atoms with Crippen molar-refractivity contribution in [1.29, 1.82) is 0 Å². The summed E-state index contributed by atoms with van der Waals surface area (Å²) in [6, 6.07) is 7.60. The number of ether oxygens (including phenoxy) is 1. The second-order valence-electron chi connectivity index (χ2n) is 3.82. The summed E-state index contributed by atoms with van der Waals surface area (Å²) < 4.78 is 6.81. The van der Waals surface area contributed by atoms with Crippen LogP contribution in [0.25, 0.3) is 10.9 Å². The van der Waals surface area contributed by atoms with Crippen LogP contribution in [0.5, 0.6) is 0 Å². The number of esters is 1. The predicted molar refractivity (Wildman–Crippen MR) is 68.6 cm³/mol. The Balaban J connectivity index is 2.39. The summed E-state index contributed by atoms with van der Waals surface area (Å²) >= 11 is 5.69. The number of halogens is 1. The molecule has 3 nitrogen and oxygen atoms in total. The van der Waals surface area contributed by atoms with Gasteiger partial charge in [-0.1, -0.05) is 6.07 Å². The number of aryl methyl sites for hydroxylation is 1. The summed E-state index contributed by atoms with van der Waals surface area (Å²) in [5.74, 6) is 0.327. The van der Waals surface area contributed by atoms with Crippen molar-refractivity contribution < 1.29 is 9.53 Å². The van der Waals surface area contributed by atoms with Gasteiger partial charge in [-0.25, -0.2) is 4.79 Å². The first-order valence-corrected chi connectivity index (χ1v) is 6.03. The fraction of sp³-hybridized carbons (Fsp3) is 0.308. The average Bonchev–Trinajstić information content (AvgIpc) is 2.77. The van der Waals surface area contributed by atoms with Crippen molar-refractivity contribution >= 4 is 28.5 Å². The minimum absolute atomic E-state index is 0.308. The zero-order valence-corrected chi connectivity index (χ0v) is 10.4. The van der Waals surface area contributed by atoms with Crippen LogP contribution in [0.3, 0.4) is 0 Å². The molecule has 0 spiro atoms. The molecule has 0 saturated heterocycles. The van der Waals surface area contributed by atoms with Gasteiger partial charge in [0.1, 0.15) is 0 Å². The second kappa shape index (κ2) is 5.23. The van der Waals surface area contributed by atoms with Crippen LogP contribution in [-0.4, -0.2) is 23.5 Å². The van der Waals surface area contributed by atoms with Crippen molar-refractivity contribution in [3.8, 4) is 0 Å². The molecule has 0 unspecified atom stereocenters. The fourth-order valence-corrected chi connectivity index (χ4v) is 1.97. The van der Waals surface area contributed by atoms with Crippen molar-refractivity contribution in [3.63, 3.8) is 0 Å². The molecule has 0 aliphatic heterocycles. The van der Waals surface area contributed by atoms with E-state index in [2.05, 4.69) is 4.57 Å². The van der Waals surface area contributed by atoms with E-state index in [1.54, 1.807) is 6.07 Å². The van der Waals surface area contributed by atoms with Gasteiger partial charge in [-0.2, -0.15) is 0 Å². The molecule has 2 rings (SSSR count). The highest BCUT2D eigenvalue weighted by Crippen LogP contribution is 2.18. The van der Waals surface area contributed by atoms with Gasteiger partial charge in [0.2, 0.25) is 0 Å². The van der Waals surface area contributed by atoms with E-state index < -0.39 is 0 Å². The fourth-order valence-electron chi connectivity index (χ4n) is 1.85. The van der Waals surface area contributed by atoms with Crippen LogP contribution >= 0.6 is 11.6 Å². The van der Waals surface area contributed by atoms with Crippen LogP contribution in [0.4, 0.5) is 0 Å². The van der Waals surface area contributed by atoms with Crippen molar-refractivity contribution in [1.82, 2.24) is 4.57 Å². The molecule has 90 valence electrons. The molecule has 0 atom stereocenters. The Morgan fingerprint density at radius 1 is 1.41 bits per heavy atom. The van der Waals surface area contributed by atoms with Crippen LogP contribution in [0.1, 0.15) is 16.8 Å². The van der Waals surface area contributed by atoms with Gasteiger partial charge in [0.15, 0.2) is 0 Å². The normalized spacial score (nSPS) is 10.7. The Kier molecular flexibility index (Phi) is 3.69. The Morgan fingerprint density at radius 2 is 2.24 bits per heavy atom. The van der Waals surface area contributed by atoms with Gasteiger partial charge in [-0.05, 0) is 30.0 Å². The number of fused-ring (bicyclic) bond motifs is 1. The summed E-state index contributed by atoms with van der Waals surface area (Å²) in [5, 5.41) is 1.12. The number of methoxy groups -OCH3 is 1. The minimum Gasteiger partial charge on any atom is -0.465 e. The standard InChI is InChI=1S/C13H14ClNO2/c1-17-13(16)11-4-3-10-5-8-15(7-2-6-14)12(10)9-11/h3-5,8-9H,2,6-7H2,1H3. The van der Waals surface area contributed by atoms with Crippen LogP contribution in [0.2, 0.25) is 0 Å². The molecule has 0 amide bonds. The molecule has 1 heterocycles. The SMILES string of the molecule is COC(=O)c1ccc2ccn(CCCCl)c2c1. The van der Waals surface area contributed by atoms with Gasteiger partial charge >= 0.3 is 5.97 Å². The third-order valence-corrected chi connectivity index (χ3v) is 2.99. The number of hydrogen-bond acceptors (Lipinski definition) is 2. The van der Waals surface area contributed by atoms with E-state index in [1.807, 2.05) is 24.4 Å². The monoisotopic (exact) mass is 251 g/mol. The number of aromatic nitrogens is 1. The maximum absolute atomic E-state index is 11.5. The van der Waals surface area contributed by atoms with Crippen molar-refractivity contribution in [2.45, 2.75) is 13.0 Å². The predicted octanol–water partition coefficient (Wildman–Crippen LogP) is 3.06. The molecule has 0 radical (unpaired) electrons. The van der Waals surface area contributed by atoms with Crippen LogP contribution in [0, 0.1) is 0 Å². The van der Waals surface area contributed by atoms with Gasteiger partial charge in [0.25, 0.3) is 0 Å². The minimum atomic E-state index is -0.308. The molecule has 0 N–H and O–H groups in total. The molecule has 4 heteroatoms. The van der Waals surface area contributed by atoms with Crippen molar-refractivity contribution in [3.05, 3.63) is 36.0 Å². The molecular formula is C13H14ClNO2. The maximum atomic E-state index is 11.5. The van der Waals surface area contributed by atoms with Gasteiger partial charge in [0, 0.05) is 24.1 Å². The number of benzene rings is 1. The van der Waals surface area contributed by atoms with Crippen LogP contribution in [0.15, 0.2) is 30.5 Å². The van der Waals surface area contributed by atoms with E-state index in [0.717, 1.165) is 23.9 Å². The molecule has 17 heavy (non-hydrogen) atoms. The lowest BCUT2D eigenvalue weighted by molar-refractivity contribution is 0.0601. The highest BCUT2D eigenvalue weighted by molar-refractivity contribution is 6.17. The van der Waals surface area contributed by atoms with Gasteiger partial charge in [0.05, 0.1) is 12.7 Å². The smallest absolute Gasteiger partial charge is 0.337 e. The third kappa shape index (κ3) is 2.44. The maximum Gasteiger partial charge on any atom is 0.337 e. The molecule has 0 bridgehead atoms. The van der Waals surface area contributed by atoms with Gasteiger partial charge < -0.3 is 9.30 Å². The molecule has 0 aliphatic carbocycles. The van der Waals surface area contributed by atoms with E-state index in [4.69, 9.17) is 16.3 Å². The topological polar surface area (TPSA) is 31.2 Å². The summed E-state index contributed by atoms with van der Waals surface area (Å²) in [6.07, 6.45) is 2.92. The average molecular weight is 252 g/mol. The first-order chi connectivity index (χ1) is 8.26. The lowest BCUT2D eigenvalue weighted by Gasteiger charge is -2.05.